The average Bonchev–Trinajstić information content (AvgIpc) is 3.25. The lowest BCUT2D eigenvalue weighted by Crippen LogP contribution is -2.10. The number of aromatic nitrogens is 3. The van der Waals surface area contributed by atoms with E-state index in [1.165, 1.54) is 11.3 Å². The maximum atomic E-state index is 12.2. The molecule has 1 N–H and O–H groups in total. The van der Waals surface area contributed by atoms with Crippen LogP contribution in [0.1, 0.15) is 9.67 Å². The van der Waals surface area contributed by atoms with Gasteiger partial charge in [-0.05, 0) is 35.7 Å². The number of nitrogens with zero attached hydrogens (tertiary/aromatic N) is 3. The highest BCUT2D eigenvalue weighted by Gasteiger charge is 2.10. The van der Waals surface area contributed by atoms with Crippen LogP contribution in [0.15, 0.2) is 66.2 Å². The molecular formula is C17H12N4OS. The van der Waals surface area contributed by atoms with Crippen molar-refractivity contribution in [1.29, 1.82) is 0 Å². The van der Waals surface area contributed by atoms with E-state index < -0.39 is 0 Å². The fraction of sp³-hybridized carbons (Fsp3) is 0. The number of amides is 1. The number of anilines is 1. The molecule has 0 fully saturated rings. The Kier molecular flexibility index (Phi) is 3.36. The molecule has 112 valence electrons. The van der Waals surface area contributed by atoms with Gasteiger partial charge in [-0.15, -0.1) is 21.5 Å². The van der Waals surface area contributed by atoms with E-state index in [0.717, 1.165) is 22.7 Å². The monoisotopic (exact) mass is 320 g/mol. The van der Waals surface area contributed by atoms with Gasteiger partial charge in [-0.1, -0.05) is 24.3 Å². The van der Waals surface area contributed by atoms with Crippen LogP contribution in [0.2, 0.25) is 0 Å². The molecule has 0 saturated heterocycles. The van der Waals surface area contributed by atoms with E-state index in [-0.39, 0.29) is 5.91 Å². The van der Waals surface area contributed by atoms with E-state index in [9.17, 15) is 4.79 Å². The first-order chi connectivity index (χ1) is 11.3. The lowest BCUT2D eigenvalue weighted by Gasteiger charge is -2.06. The summed E-state index contributed by atoms with van der Waals surface area (Å²) in [5, 5.41) is 13.2. The topological polar surface area (TPSA) is 59.3 Å². The van der Waals surface area contributed by atoms with Gasteiger partial charge in [-0.25, -0.2) is 0 Å². The Morgan fingerprint density at radius 2 is 2.00 bits per heavy atom. The third-order valence-electron chi connectivity index (χ3n) is 3.44. The highest BCUT2D eigenvalue weighted by atomic mass is 32.1. The zero-order valence-corrected chi connectivity index (χ0v) is 12.8. The fourth-order valence-corrected chi connectivity index (χ4v) is 2.99. The molecule has 0 unspecified atom stereocenters. The zero-order chi connectivity index (χ0) is 15.6. The van der Waals surface area contributed by atoms with Crippen molar-refractivity contribution in [2.45, 2.75) is 0 Å². The first-order valence-corrected chi connectivity index (χ1v) is 7.94. The van der Waals surface area contributed by atoms with Gasteiger partial charge < -0.3 is 5.32 Å². The molecule has 3 aromatic heterocycles. The smallest absolute Gasteiger partial charge is 0.265 e. The Labute approximate surface area is 136 Å². The van der Waals surface area contributed by atoms with Crippen LogP contribution in [0.5, 0.6) is 0 Å². The normalized spacial score (nSPS) is 10.8. The van der Waals surface area contributed by atoms with E-state index in [1.54, 1.807) is 6.07 Å². The molecular weight excluding hydrogens is 308 g/mol. The van der Waals surface area contributed by atoms with Crippen molar-refractivity contribution in [2.75, 3.05) is 5.32 Å². The van der Waals surface area contributed by atoms with Gasteiger partial charge in [0.25, 0.3) is 5.91 Å². The van der Waals surface area contributed by atoms with Crippen molar-refractivity contribution in [3.8, 4) is 11.4 Å². The van der Waals surface area contributed by atoms with Crippen LogP contribution >= 0.6 is 11.3 Å². The molecule has 0 radical (unpaired) electrons. The maximum absolute atomic E-state index is 12.2. The third-order valence-corrected chi connectivity index (χ3v) is 4.31. The second kappa shape index (κ2) is 5.66. The van der Waals surface area contributed by atoms with E-state index >= 15 is 0 Å². The summed E-state index contributed by atoms with van der Waals surface area (Å²) in [6.45, 7) is 0. The van der Waals surface area contributed by atoms with Crippen molar-refractivity contribution >= 4 is 28.6 Å². The highest BCUT2D eigenvalue weighted by molar-refractivity contribution is 7.12. The lowest BCUT2D eigenvalue weighted by atomic mass is 10.2. The zero-order valence-electron chi connectivity index (χ0n) is 12.0. The molecule has 0 aliphatic carbocycles. The van der Waals surface area contributed by atoms with Gasteiger partial charge in [0.1, 0.15) is 0 Å². The van der Waals surface area contributed by atoms with E-state index in [0.29, 0.717) is 4.88 Å². The largest absolute Gasteiger partial charge is 0.321 e. The molecule has 0 spiro atoms. The highest BCUT2D eigenvalue weighted by Crippen LogP contribution is 2.22. The number of rotatable bonds is 3. The molecule has 1 aromatic carbocycles. The number of nitrogens with one attached hydrogen (secondary N) is 1. The predicted molar refractivity (Wildman–Crippen MR) is 90.7 cm³/mol. The van der Waals surface area contributed by atoms with E-state index in [2.05, 4.69) is 15.5 Å². The van der Waals surface area contributed by atoms with Crippen LogP contribution in [0, 0.1) is 0 Å². The molecule has 3 heterocycles. The Hall–Kier alpha value is -2.99. The molecule has 1 amide bonds. The van der Waals surface area contributed by atoms with Crippen molar-refractivity contribution in [3.05, 3.63) is 71.1 Å². The number of fused-ring (bicyclic) bond motifs is 1. The van der Waals surface area contributed by atoms with E-state index in [1.807, 2.05) is 64.5 Å². The van der Waals surface area contributed by atoms with Crippen LogP contribution in [0.25, 0.3) is 17.0 Å². The van der Waals surface area contributed by atoms with Crippen molar-refractivity contribution < 1.29 is 4.79 Å². The summed E-state index contributed by atoms with van der Waals surface area (Å²) in [6.07, 6.45) is 1.92. The van der Waals surface area contributed by atoms with Gasteiger partial charge in [0, 0.05) is 17.4 Å². The molecule has 6 heteroatoms. The summed E-state index contributed by atoms with van der Waals surface area (Å²) in [5.74, 6) is 0.635. The minimum absolute atomic E-state index is 0.108. The van der Waals surface area contributed by atoms with Crippen LogP contribution in [0.3, 0.4) is 0 Å². The molecule has 4 aromatic rings. The quantitative estimate of drug-likeness (QED) is 0.626. The average molecular weight is 320 g/mol. The second-order valence-corrected chi connectivity index (χ2v) is 5.91. The Balaban J connectivity index is 1.67. The third kappa shape index (κ3) is 2.60. The van der Waals surface area contributed by atoms with Gasteiger partial charge in [0.15, 0.2) is 11.5 Å². The first kappa shape index (κ1) is 13.7. The van der Waals surface area contributed by atoms with Crippen molar-refractivity contribution in [1.82, 2.24) is 14.6 Å². The number of benzene rings is 1. The minimum Gasteiger partial charge on any atom is -0.321 e. The van der Waals surface area contributed by atoms with Gasteiger partial charge in [-0.2, -0.15) is 0 Å². The van der Waals surface area contributed by atoms with Gasteiger partial charge >= 0.3 is 0 Å². The Bertz CT molecular complexity index is 975. The Morgan fingerprint density at radius 1 is 1.04 bits per heavy atom. The molecule has 0 aliphatic heterocycles. The van der Waals surface area contributed by atoms with Gasteiger partial charge in [0.05, 0.1) is 4.88 Å². The first-order valence-electron chi connectivity index (χ1n) is 7.06. The fourth-order valence-electron chi connectivity index (χ4n) is 2.37. The van der Waals surface area contributed by atoms with Crippen LogP contribution in [0.4, 0.5) is 5.69 Å². The summed E-state index contributed by atoms with van der Waals surface area (Å²) < 4.78 is 1.92. The predicted octanol–water partition coefficient (Wildman–Crippen LogP) is 3.71. The summed E-state index contributed by atoms with van der Waals surface area (Å²) in [7, 11) is 0. The molecule has 5 nitrogen and oxygen atoms in total. The number of pyridine rings is 1. The van der Waals surface area contributed by atoms with E-state index in [4.69, 9.17) is 0 Å². The minimum atomic E-state index is -0.108. The van der Waals surface area contributed by atoms with Gasteiger partial charge in [0.2, 0.25) is 0 Å². The SMILES string of the molecule is O=C(Nc1cccc(-c2nnc3ccccn23)c1)c1cccs1. The molecule has 4 rings (SSSR count). The van der Waals surface area contributed by atoms with Crippen molar-refractivity contribution in [3.63, 3.8) is 0 Å². The standard InChI is InChI=1S/C17H12N4OS/c22-17(14-7-4-10-23-14)18-13-6-3-5-12(11-13)16-20-19-15-8-1-2-9-21(15)16/h1-11H,(H,18,22). The molecule has 0 bridgehead atoms. The number of hydrogen-bond donors (Lipinski definition) is 1. The summed E-state index contributed by atoms with van der Waals surface area (Å²) in [4.78, 5) is 12.8. The van der Waals surface area contributed by atoms with Gasteiger partial charge in [-0.3, -0.25) is 9.20 Å². The summed E-state index contributed by atoms with van der Waals surface area (Å²) in [5.41, 5.74) is 2.41. The molecule has 0 atom stereocenters. The van der Waals surface area contributed by atoms with Crippen molar-refractivity contribution in [2.24, 2.45) is 0 Å². The molecule has 0 saturated carbocycles. The summed E-state index contributed by atoms with van der Waals surface area (Å²) >= 11 is 1.42. The van der Waals surface area contributed by atoms with Crippen LogP contribution in [-0.2, 0) is 0 Å². The Morgan fingerprint density at radius 3 is 2.87 bits per heavy atom. The number of hydrogen-bond acceptors (Lipinski definition) is 4. The van der Waals surface area contributed by atoms with Crippen LogP contribution in [-0.4, -0.2) is 20.5 Å². The molecule has 0 aliphatic rings. The summed E-state index contributed by atoms with van der Waals surface area (Å²) in [6, 6.07) is 17.0. The molecule has 23 heavy (non-hydrogen) atoms. The number of carbonyl (C=O) groups is 1. The second-order valence-electron chi connectivity index (χ2n) is 4.96. The number of carbonyl (C=O) groups excluding carboxylic acids is 1. The maximum Gasteiger partial charge on any atom is 0.265 e. The van der Waals surface area contributed by atoms with Crippen LogP contribution < -0.4 is 5.32 Å². The lowest BCUT2D eigenvalue weighted by molar-refractivity contribution is 0.103. The number of thiophene rings is 1.